The van der Waals surface area contributed by atoms with E-state index in [4.69, 9.17) is 12.2 Å². The molecule has 2 aromatic rings. The molecule has 1 N–H and O–H groups in total. The van der Waals surface area contributed by atoms with Gasteiger partial charge >= 0.3 is 0 Å². The molecule has 0 bridgehead atoms. The monoisotopic (exact) mass is 279 g/mol. The summed E-state index contributed by atoms with van der Waals surface area (Å²) in [4.78, 5) is 11.6. The van der Waals surface area contributed by atoms with Gasteiger partial charge in [0.2, 0.25) is 0 Å². The van der Waals surface area contributed by atoms with Crippen molar-refractivity contribution in [3.05, 3.63) is 27.3 Å². The van der Waals surface area contributed by atoms with Crippen LogP contribution in [0.25, 0.3) is 11.5 Å². The van der Waals surface area contributed by atoms with E-state index in [1.54, 1.807) is 6.07 Å². The van der Waals surface area contributed by atoms with Crippen molar-refractivity contribution in [2.45, 2.75) is 39.8 Å². The maximum Gasteiger partial charge on any atom is 0.266 e. The van der Waals surface area contributed by atoms with Crippen LogP contribution in [-0.4, -0.2) is 24.5 Å². The Morgan fingerprint density at radius 3 is 2.79 bits per heavy atom. The number of aryl methyl sites for hydroxylation is 1. The number of hydrogen-bond donors (Lipinski definition) is 1. The van der Waals surface area contributed by atoms with E-state index in [-0.39, 0.29) is 11.6 Å². The largest absolute Gasteiger partial charge is 0.296 e. The van der Waals surface area contributed by atoms with Gasteiger partial charge in [0.1, 0.15) is 5.69 Å². The fraction of sp³-hybridized carbons (Fsp3) is 0.500. The molecule has 0 radical (unpaired) electrons. The van der Waals surface area contributed by atoms with Crippen LogP contribution in [0.2, 0.25) is 0 Å². The van der Waals surface area contributed by atoms with Gasteiger partial charge in [-0.1, -0.05) is 6.92 Å². The zero-order valence-corrected chi connectivity index (χ0v) is 12.1. The fourth-order valence-electron chi connectivity index (χ4n) is 1.87. The maximum atomic E-state index is 11.6. The van der Waals surface area contributed by atoms with Gasteiger partial charge in [-0.2, -0.15) is 10.2 Å². The third kappa shape index (κ3) is 2.51. The van der Waals surface area contributed by atoms with Gasteiger partial charge in [-0.05, 0) is 38.6 Å². The van der Waals surface area contributed by atoms with Crippen molar-refractivity contribution in [1.29, 1.82) is 0 Å². The first kappa shape index (κ1) is 13.7. The number of nitrogens with zero attached hydrogens (tertiary/aromatic N) is 4. The van der Waals surface area contributed by atoms with Crippen molar-refractivity contribution in [2.24, 2.45) is 0 Å². The van der Waals surface area contributed by atoms with E-state index in [9.17, 15) is 4.79 Å². The molecule has 0 aliphatic heterocycles. The summed E-state index contributed by atoms with van der Waals surface area (Å²) >= 11 is 5.25. The van der Waals surface area contributed by atoms with Gasteiger partial charge in [0, 0.05) is 18.7 Å². The van der Waals surface area contributed by atoms with Crippen molar-refractivity contribution in [1.82, 2.24) is 24.5 Å². The highest BCUT2D eigenvalue weighted by molar-refractivity contribution is 7.71. The van der Waals surface area contributed by atoms with Crippen LogP contribution in [0, 0.1) is 4.77 Å². The minimum absolute atomic E-state index is 0.115. The van der Waals surface area contributed by atoms with E-state index in [1.807, 2.05) is 11.5 Å². The lowest BCUT2D eigenvalue weighted by atomic mass is 10.2. The number of aromatic amines is 1. The Kier molecular flexibility index (Phi) is 3.94. The molecule has 0 saturated heterocycles. The van der Waals surface area contributed by atoms with Gasteiger partial charge in [0.05, 0.1) is 0 Å². The third-order valence-corrected chi connectivity index (χ3v) is 3.42. The Morgan fingerprint density at radius 2 is 2.16 bits per heavy atom. The minimum Gasteiger partial charge on any atom is -0.296 e. The topological polar surface area (TPSA) is 68.5 Å². The van der Waals surface area contributed by atoms with Gasteiger partial charge in [-0.15, -0.1) is 0 Å². The quantitative estimate of drug-likeness (QED) is 0.871. The highest BCUT2D eigenvalue weighted by Gasteiger charge is 2.15. The van der Waals surface area contributed by atoms with E-state index in [0.29, 0.717) is 22.8 Å². The Labute approximate surface area is 116 Å². The van der Waals surface area contributed by atoms with Gasteiger partial charge in [-0.25, -0.2) is 4.68 Å². The number of rotatable bonds is 4. The average Bonchev–Trinajstić information content (AvgIpc) is 2.80. The lowest BCUT2D eigenvalue weighted by molar-refractivity contribution is 0.525. The molecule has 2 rings (SSSR count). The molecular formula is C12H17N5OS. The second-order valence-corrected chi connectivity index (χ2v) is 4.74. The normalized spacial score (nSPS) is 12.6. The third-order valence-electron chi connectivity index (χ3n) is 3.13. The highest BCUT2D eigenvalue weighted by Crippen LogP contribution is 2.20. The molecule has 0 fully saturated rings. The van der Waals surface area contributed by atoms with Crippen molar-refractivity contribution < 1.29 is 0 Å². The molecule has 2 heterocycles. The zero-order valence-electron chi connectivity index (χ0n) is 11.3. The first-order valence-electron chi connectivity index (χ1n) is 6.33. The molecule has 0 spiro atoms. The molecule has 1 atom stereocenters. The van der Waals surface area contributed by atoms with Crippen molar-refractivity contribution in [2.75, 3.05) is 0 Å². The second-order valence-electron chi connectivity index (χ2n) is 4.35. The summed E-state index contributed by atoms with van der Waals surface area (Å²) in [6.45, 7) is 6.57. The van der Waals surface area contributed by atoms with Crippen LogP contribution in [0.3, 0.4) is 0 Å². The number of H-pyrrole nitrogens is 1. The number of hydrogen-bond acceptors (Lipinski definition) is 4. The molecule has 7 heteroatoms. The zero-order chi connectivity index (χ0) is 14.0. The van der Waals surface area contributed by atoms with Crippen LogP contribution < -0.4 is 5.56 Å². The summed E-state index contributed by atoms with van der Waals surface area (Å²) < 4.78 is 3.91. The summed E-state index contributed by atoms with van der Waals surface area (Å²) in [6, 6.07) is 3.41. The predicted molar refractivity (Wildman–Crippen MR) is 75.6 cm³/mol. The van der Waals surface area contributed by atoms with E-state index in [0.717, 1.165) is 6.42 Å². The maximum absolute atomic E-state index is 11.6. The molecular weight excluding hydrogens is 262 g/mol. The van der Waals surface area contributed by atoms with E-state index in [2.05, 4.69) is 29.1 Å². The lowest BCUT2D eigenvalue weighted by Crippen LogP contribution is -2.21. The summed E-state index contributed by atoms with van der Waals surface area (Å²) in [5, 5.41) is 11.3. The molecule has 102 valence electrons. The molecule has 1 unspecified atom stereocenters. The minimum atomic E-state index is -0.115. The smallest absolute Gasteiger partial charge is 0.266 e. The van der Waals surface area contributed by atoms with E-state index >= 15 is 0 Å². The van der Waals surface area contributed by atoms with Crippen molar-refractivity contribution in [3.8, 4) is 11.5 Å². The van der Waals surface area contributed by atoms with Crippen LogP contribution in [-0.2, 0) is 6.54 Å². The molecule has 2 aromatic heterocycles. The first-order valence-corrected chi connectivity index (χ1v) is 6.74. The van der Waals surface area contributed by atoms with Crippen LogP contribution in [0.15, 0.2) is 16.9 Å². The van der Waals surface area contributed by atoms with E-state index < -0.39 is 0 Å². The molecule has 0 amide bonds. The number of aromatic nitrogens is 5. The van der Waals surface area contributed by atoms with Crippen LogP contribution in [0.4, 0.5) is 0 Å². The van der Waals surface area contributed by atoms with Crippen molar-refractivity contribution >= 4 is 12.2 Å². The first-order chi connectivity index (χ1) is 9.08. The van der Waals surface area contributed by atoms with Crippen LogP contribution >= 0.6 is 12.2 Å². The van der Waals surface area contributed by atoms with Crippen LogP contribution in [0.1, 0.15) is 33.2 Å². The Bertz CT molecular complexity index is 684. The second kappa shape index (κ2) is 5.48. The lowest BCUT2D eigenvalue weighted by Gasteiger charge is -2.13. The Morgan fingerprint density at radius 1 is 1.42 bits per heavy atom. The molecule has 0 aliphatic rings. The predicted octanol–water partition coefficient (Wildman–Crippen LogP) is 2.16. The molecule has 0 saturated carbocycles. The molecule has 0 aromatic carbocycles. The van der Waals surface area contributed by atoms with Gasteiger partial charge in [-0.3, -0.25) is 14.5 Å². The molecule has 6 nitrogen and oxygen atoms in total. The Balaban J connectivity index is 2.60. The van der Waals surface area contributed by atoms with Gasteiger partial charge in [0.25, 0.3) is 5.56 Å². The average molecular weight is 279 g/mol. The van der Waals surface area contributed by atoms with Crippen molar-refractivity contribution in [3.63, 3.8) is 0 Å². The summed E-state index contributed by atoms with van der Waals surface area (Å²) in [6.07, 6.45) is 0.939. The number of nitrogens with one attached hydrogen (secondary N) is 1. The Hall–Kier alpha value is -1.76. The van der Waals surface area contributed by atoms with Crippen LogP contribution in [0.5, 0.6) is 0 Å². The summed E-state index contributed by atoms with van der Waals surface area (Å²) in [7, 11) is 0. The van der Waals surface area contributed by atoms with Gasteiger partial charge in [0.15, 0.2) is 10.6 Å². The molecule has 19 heavy (non-hydrogen) atoms. The highest BCUT2D eigenvalue weighted by atomic mass is 32.1. The SMILES string of the molecule is CCC(C)n1c(-c2ccc(=O)n(CC)n2)n[nH]c1=S. The summed E-state index contributed by atoms with van der Waals surface area (Å²) in [5.74, 6) is 0.668. The summed E-state index contributed by atoms with van der Waals surface area (Å²) in [5.41, 5.74) is 0.532. The van der Waals surface area contributed by atoms with E-state index in [1.165, 1.54) is 10.7 Å². The van der Waals surface area contributed by atoms with Gasteiger partial charge < -0.3 is 0 Å². The fourth-order valence-corrected chi connectivity index (χ4v) is 2.18. The molecule has 0 aliphatic carbocycles. The standard InChI is InChI=1S/C12H17N5OS/c1-4-8(3)17-11(13-14-12(17)19)9-6-7-10(18)16(5-2)15-9/h6-8H,4-5H2,1-3H3,(H,14,19).